The number of benzene rings is 2. The van der Waals surface area contributed by atoms with Crippen LogP contribution in [0.1, 0.15) is 24.5 Å². The molecule has 3 rings (SSSR count). The van der Waals surface area contributed by atoms with E-state index in [4.69, 9.17) is 10.6 Å². The van der Waals surface area contributed by atoms with E-state index in [1.54, 1.807) is 23.0 Å². The van der Waals surface area contributed by atoms with Crippen molar-refractivity contribution in [3.05, 3.63) is 59.8 Å². The lowest BCUT2D eigenvalue weighted by Crippen LogP contribution is -2.50. The summed E-state index contributed by atoms with van der Waals surface area (Å²) in [5.74, 6) is 5.57. The number of sulfone groups is 1. The smallest absolute Gasteiger partial charge is 0.264 e. The minimum absolute atomic E-state index is 0.0462. The standard InChI is InChI=1S/C26H34N4O4SSi/c1-26(35(2,32)33,25(31)29-34-16-17-36(3,4)5)14-15-30-24-13-10-21(18-22(24)19-28-30)7-6-20-8-11-23(27)12-9-20/h8-13,18-19H,14-17,27H2,1-5H3,(H,29,31). The van der Waals surface area contributed by atoms with Crippen molar-refractivity contribution in [1.82, 2.24) is 15.3 Å². The Kier molecular flexibility index (Phi) is 8.28. The number of aryl methyl sites for hydroxylation is 1. The van der Waals surface area contributed by atoms with Gasteiger partial charge < -0.3 is 5.73 Å². The molecule has 1 heterocycles. The third kappa shape index (κ3) is 6.97. The fourth-order valence-corrected chi connectivity index (χ4v) is 4.98. The normalized spacial score (nSPS) is 13.6. The number of nitrogens with two attached hydrogens (primary N) is 1. The molecular weight excluding hydrogens is 492 g/mol. The number of nitrogen functional groups attached to an aromatic ring is 1. The van der Waals surface area contributed by atoms with Crippen LogP contribution in [0.15, 0.2) is 48.7 Å². The van der Waals surface area contributed by atoms with Crippen LogP contribution < -0.4 is 11.2 Å². The summed E-state index contributed by atoms with van der Waals surface area (Å²) in [6, 6.07) is 13.9. The summed E-state index contributed by atoms with van der Waals surface area (Å²) in [5, 5.41) is 5.29. The maximum Gasteiger partial charge on any atom is 0.264 e. The monoisotopic (exact) mass is 526 g/mol. The number of hydroxylamine groups is 1. The molecule has 0 saturated heterocycles. The summed E-state index contributed by atoms with van der Waals surface area (Å²) in [6.45, 7) is 8.62. The number of rotatable bonds is 9. The lowest BCUT2D eigenvalue weighted by molar-refractivity contribution is -0.135. The quantitative estimate of drug-likeness (QED) is 0.145. The summed E-state index contributed by atoms with van der Waals surface area (Å²) in [5.41, 5.74) is 11.3. The predicted molar refractivity (Wildman–Crippen MR) is 147 cm³/mol. The molecule has 0 bridgehead atoms. The first-order valence-corrected chi connectivity index (χ1v) is 17.3. The highest BCUT2D eigenvalue weighted by molar-refractivity contribution is 7.92. The van der Waals surface area contributed by atoms with Gasteiger partial charge in [-0.2, -0.15) is 5.10 Å². The van der Waals surface area contributed by atoms with Crippen LogP contribution in [0.4, 0.5) is 5.69 Å². The average Bonchev–Trinajstić information content (AvgIpc) is 3.20. The Morgan fingerprint density at radius 1 is 1.14 bits per heavy atom. The summed E-state index contributed by atoms with van der Waals surface area (Å²) >= 11 is 0. The van der Waals surface area contributed by atoms with Gasteiger partial charge in [0.25, 0.3) is 5.91 Å². The molecule has 10 heteroatoms. The summed E-state index contributed by atoms with van der Waals surface area (Å²) < 4.78 is 25.2. The number of fused-ring (bicyclic) bond motifs is 1. The van der Waals surface area contributed by atoms with Gasteiger partial charge in [0, 0.05) is 43.1 Å². The fraction of sp³-hybridized carbons (Fsp3) is 0.385. The maximum absolute atomic E-state index is 12.9. The van der Waals surface area contributed by atoms with Crippen molar-refractivity contribution in [1.29, 1.82) is 0 Å². The van der Waals surface area contributed by atoms with Gasteiger partial charge in [-0.15, -0.1) is 0 Å². The van der Waals surface area contributed by atoms with E-state index in [0.29, 0.717) is 12.3 Å². The second-order valence-corrected chi connectivity index (χ2v) is 18.4. The van der Waals surface area contributed by atoms with E-state index < -0.39 is 28.6 Å². The van der Waals surface area contributed by atoms with Crippen LogP contribution in [0.2, 0.25) is 25.7 Å². The van der Waals surface area contributed by atoms with Crippen LogP contribution in [-0.2, 0) is 26.0 Å². The van der Waals surface area contributed by atoms with Crippen molar-refractivity contribution in [2.45, 2.75) is 50.3 Å². The number of nitrogens with one attached hydrogen (secondary N) is 1. The molecule has 0 saturated carbocycles. The molecule has 0 aliphatic rings. The van der Waals surface area contributed by atoms with Gasteiger partial charge in [0.2, 0.25) is 0 Å². The van der Waals surface area contributed by atoms with Crippen molar-refractivity contribution >= 4 is 40.4 Å². The lowest BCUT2D eigenvalue weighted by Gasteiger charge is -2.26. The van der Waals surface area contributed by atoms with E-state index in [-0.39, 0.29) is 13.0 Å². The lowest BCUT2D eigenvalue weighted by atomic mass is 10.1. The van der Waals surface area contributed by atoms with Crippen LogP contribution in [0.5, 0.6) is 0 Å². The van der Waals surface area contributed by atoms with Crippen molar-refractivity contribution in [3.8, 4) is 11.8 Å². The second-order valence-electron chi connectivity index (χ2n) is 10.4. The predicted octanol–water partition coefficient (Wildman–Crippen LogP) is 3.60. The summed E-state index contributed by atoms with van der Waals surface area (Å²) in [4.78, 5) is 18.2. The Morgan fingerprint density at radius 3 is 2.42 bits per heavy atom. The van der Waals surface area contributed by atoms with Gasteiger partial charge in [-0.1, -0.05) is 31.5 Å². The number of hydrogen-bond acceptors (Lipinski definition) is 6. The van der Waals surface area contributed by atoms with Crippen LogP contribution >= 0.6 is 0 Å². The van der Waals surface area contributed by atoms with E-state index in [1.165, 1.54) is 6.92 Å². The first kappa shape index (κ1) is 27.5. The van der Waals surface area contributed by atoms with Gasteiger partial charge in [-0.05, 0) is 61.9 Å². The molecule has 192 valence electrons. The van der Waals surface area contributed by atoms with Crippen molar-refractivity contribution in [2.75, 3.05) is 18.6 Å². The molecule has 1 aromatic heterocycles. The Hall–Kier alpha value is -3.13. The van der Waals surface area contributed by atoms with Gasteiger partial charge in [-0.25, -0.2) is 13.9 Å². The number of carbonyl (C=O) groups is 1. The van der Waals surface area contributed by atoms with Crippen LogP contribution in [0.3, 0.4) is 0 Å². The summed E-state index contributed by atoms with van der Waals surface area (Å²) in [6.07, 6.45) is 2.83. The summed E-state index contributed by atoms with van der Waals surface area (Å²) in [7, 11) is -5.07. The minimum atomic E-state index is -3.73. The molecular formula is C26H34N4O4SSi. The minimum Gasteiger partial charge on any atom is -0.399 e. The first-order chi connectivity index (χ1) is 16.8. The molecule has 0 aliphatic heterocycles. The van der Waals surface area contributed by atoms with Gasteiger partial charge in [-0.3, -0.25) is 14.3 Å². The molecule has 1 amide bonds. The zero-order chi connectivity index (χ0) is 26.6. The number of amides is 1. The largest absolute Gasteiger partial charge is 0.399 e. The Labute approximate surface area is 214 Å². The topological polar surface area (TPSA) is 116 Å². The molecule has 0 radical (unpaired) electrons. The highest BCUT2D eigenvalue weighted by atomic mass is 32.2. The molecule has 8 nitrogen and oxygen atoms in total. The second kappa shape index (κ2) is 10.9. The van der Waals surface area contributed by atoms with Gasteiger partial charge >= 0.3 is 0 Å². The third-order valence-electron chi connectivity index (χ3n) is 6.12. The molecule has 1 atom stereocenters. The first-order valence-electron chi connectivity index (χ1n) is 11.7. The Morgan fingerprint density at radius 2 is 1.78 bits per heavy atom. The number of anilines is 1. The molecule has 0 spiro atoms. The highest BCUT2D eigenvalue weighted by Crippen LogP contribution is 2.24. The highest BCUT2D eigenvalue weighted by Gasteiger charge is 2.43. The molecule has 36 heavy (non-hydrogen) atoms. The maximum atomic E-state index is 12.9. The van der Waals surface area contributed by atoms with Gasteiger partial charge in [0.1, 0.15) is 0 Å². The van der Waals surface area contributed by atoms with E-state index >= 15 is 0 Å². The molecule has 3 N–H and O–H groups in total. The molecule has 0 fully saturated rings. The fourth-order valence-electron chi connectivity index (χ4n) is 3.42. The zero-order valence-corrected chi connectivity index (χ0v) is 23.3. The van der Waals surface area contributed by atoms with E-state index in [1.807, 2.05) is 30.3 Å². The van der Waals surface area contributed by atoms with Crippen LogP contribution in [-0.4, -0.2) is 49.8 Å². The van der Waals surface area contributed by atoms with Crippen molar-refractivity contribution < 1.29 is 18.0 Å². The zero-order valence-electron chi connectivity index (χ0n) is 21.5. The van der Waals surface area contributed by atoms with E-state index in [9.17, 15) is 13.2 Å². The van der Waals surface area contributed by atoms with Crippen LogP contribution in [0.25, 0.3) is 10.9 Å². The Balaban J connectivity index is 1.71. The van der Waals surface area contributed by atoms with Gasteiger partial charge in [0.05, 0.1) is 18.3 Å². The third-order valence-corrected chi connectivity index (χ3v) is 9.85. The van der Waals surface area contributed by atoms with Crippen molar-refractivity contribution in [2.24, 2.45) is 0 Å². The van der Waals surface area contributed by atoms with E-state index in [0.717, 1.165) is 34.3 Å². The van der Waals surface area contributed by atoms with Gasteiger partial charge in [0.15, 0.2) is 14.6 Å². The molecule has 3 aromatic rings. The van der Waals surface area contributed by atoms with Crippen molar-refractivity contribution in [3.63, 3.8) is 0 Å². The Bertz CT molecular complexity index is 1400. The molecule has 1 unspecified atom stereocenters. The van der Waals surface area contributed by atoms with E-state index in [2.05, 4.69) is 42.1 Å². The number of aromatic nitrogens is 2. The SMILES string of the molecule is CC(CCn1ncc2cc(C#Cc3ccc(N)cc3)ccc21)(C(=O)NOCC[Si](C)(C)C)S(C)(=O)=O. The van der Waals surface area contributed by atoms with Crippen LogP contribution in [0, 0.1) is 11.8 Å². The average molecular weight is 527 g/mol. The number of carbonyl (C=O) groups excluding carboxylic acids is 1. The number of hydrogen-bond donors (Lipinski definition) is 2. The molecule has 2 aromatic carbocycles. The number of nitrogens with zero attached hydrogens (tertiary/aromatic N) is 2. The molecule has 0 aliphatic carbocycles.